The van der Waals surface area contributed by atoms with Crippen molar-refractivity contribution in [3.05, 3.63) is 46.3 Å². The molecule has 1 fully saturated rings. The molecule has 150 valence electrons. The van der Waals surface area contributed by atoms with Crippen LogP contribution in [0.4, 0.5) is 0 Å². The van der Waals surface area contributed by atoms with E-state index < -0.39 is 5.66 Å². The molecule has 4 rings (SSSR count). The van der Waals surface area contributed by atoms with Gasteiger partial charge in [-0.3, -0.25) is 0 Å². The van der Waals surface area contributed by atoms with Gasteiger partial charge < -0.3 is 18.8 Å². The molecule has 2 aromatic rings. The molecule has 0 amide bonds. The number of aliphatic imine (C=N–C) groups is 1. The van der Waals surface area contributed by atoms with Gasteiger partial charge in [0.2, 0.25) is 0 Å². The third-order valence-corrected chi connectivity index (χ3v) is 5.42. The molecule has 1 aliphatic heterocycles. The highest BCUT2D eigenvalue weighted by atomic mass is 16.7. The van der Waals surface area contributed by atoms with E-state index in [0.29, 0.717) is 19.1 Å². The first-order valence-electron chi connectivity index (χ1n) is 9.77. The summed E-state index contributed by atoms with van der Waals surface area (Å²) in [6.07, 6.45) is 5.44. The van der Waals surface area contributed by atoms with Gasteiger partial charge in [0, 0.05) is 31.1 Å². The van der Waals surface area contributed by atoms with Crippen molar-refractivity contribution in [3.8, 4) is 5.75 Å². The van der Waals surface area contributed by atoms with Gasteiger partial charge in [-0.05, 0) is 44.2 Å². The highest BCUT2D eigenvalue weighted by Gasteiger charge is 2.50. The van der Waals surface area contributed by atoms with Crippen LogP contribution in [0.15, 0.2) is 27.7 Å². The van der Waals surface area contributed by atoms with E-state index in [4.69, 9.17) is 18.8 Å². The summed E-state index contributed by atoms with van der Waals surface area (Å²) in [4.78, 5) is 9.94. The molecule has 1 aliphatic carbocycles. The van der Waals surface area contributed by atoms with E-state index in [-0.39, 0.29) is 0 Å². The lowest BCUT2D eigenvalue weighted by atomic mass is 9.90. The van der Waals surface area contributed by atoms with Gasteiger partial charge >= 0.3 is 0 Å². The van der Waals surface area contributed by atoms with E-state index >= 15 is 0 Å². The van der Waals surface area contributed by atoms with Crippen molar-refractivity contribution in [1.29, 1.82) is 0 Å². The van der Waals surface area contributed by atoms with Crippen molar-refractivity contribution in [2.24, 2.45) is 10.9 Å². The number of ether oxygens (including phenoxy) is 2. The number of nitrogens with zero attached hydrogens (tertiary/aromatic N) is 2. The molecule has 0 saturated heterocycles. The maximum Gasteiger partial charge on any atom is 0.198 e. The maximum atomic E-state index is 6.18. The summed E-state index contributed by atoms with van der Waals surface area (Å²) in [5.74, 6) is 2.25. The van der Waals surface area contributed by atoms with E-state index in [1.807, 2.05) is 6.07 Å². The van der Waals surface area contributed by atoms with Crippen molar-refractivity contribution >= 4 is 6.40 Å². The van der Waals surface area contributed by atoms with E-state index in [1.165, 1.54) is 6.40 Å². The fourth-order valence-electron chi connectivity index (χ4n) is 3.86. The van der Waals surface area contributed by atoms with Gasteiger partial charge in [-0.2, -0.15) is 0 Å². The van der Waals surface area contributed by atoms with E-state index in [2.05, 4.69) is 41.6 Å². The second kappa shape index (κ2) is 7.93. The number of aryl methyl sites for hydroxylation is 2. The second-order valence-electron chi connectivity index (χ2n) is 7.55. The van der Waals surface area contributed by atoms with Gasteiger partial charge in [-0.15, -0.1) is 5.48 Å². The normalized spacial score (nSPS) is 21.1. The van der Waals surface area contributed by atoms with Crippen molar-refractivity contribution in [2.45, 2.75) is 51.8 Å². The minimum atomic E-state index is -0.479. The zero-order valence-electron chi connectivity index (χ0n) is 16.7. The highest BCUT2D eigenvalue weighted by Crippen LogP contribution is 2.49. The van der Waals surface area contributed by atoms with Crippen LogP contribution in [-0.2, 0) is 28.3 Å². The van der Waals surface area contributed by atoms with Gasteiger partial charge in [0.15, 0.2) is 12.1 Å². The molecule has 0 bridgehead atoms. The van der Waals surface area contributed by atoms with Gasteiger partial charge in [-0.1, -0.05) is 17.3 Å². The lowest BCUT2D eigenvalue weighted by Crippen LogP contribution is -2.39. The molecule has 1 aromatic carbocycles. The Labute approximate surface area is 165 Å². The van der Waals surface area contributed by atoms with Crippen LogP contribution in [-0.4, -0.2) is 25.3 Å². The smallest absolute Gasteiger partial charge is 0.198 e. The molecule has 7 nitrogen and oxygen atoms in total. The molecule has 1 aromatic heterocycles. The average Bonchev–Trinajstić information content (AvgIpc) is 3.26. The molecule has 1 atom stereocenters. The first-order chi connectivity index (χ1) is 13.6. The predicted octanol–water partition coefficient (Wildman–Crippen LogP) is 3.58. The second-order valence-corrected chi connectivity index (χ2v) is 7.55. The Morgan fingerprint density at radius 1 is 1.29 bits per heavy atom. The Bertz CT molecular complexity index is 859. The lowest BCUT2D eigenvalue weighted by molar-refractivity contribution is 0.106. The SMILES string of the molecule is COCc1cc(CCCOc2c(C)ccc(C3(C4CC4)N=CON3)c2C)on1. The molecule has 0 spiro atoms. The zero-order valence-corrected chi connectivity index (χ0v) is 16.7. The van der Waals surface area contributed by atoms with Crippen LogP contribution in [0.25, 0.3) is 0 Å². The van der Waals surface area contributed by atoms with Gasteiger partial charge in [0.1, 0.15) is 17.2 Å². The van der Waals surface area contributed by atoms with Crippen molar-refractivity contribution in [1.82, 2.24) is 10.6 Å². The number of benzene rings is 1. The van der Waals surface area contributed by atoms with Gasteiger partial charge in [-0.25, -0.2) is 4.99 Å². The van der Waals surface area contributed by atoms with Gasteiger partial charge in [0.25, 0.3) is 0 Å². The number of methoxy groups -OCH3 is 1. The Balaban J connectivity index is 1.42. The molecule has 28 heavy (non-hydrogen) atoms. The number of hydrogen-bond acceptors (Lipinski definition) is 7. The summed E-state index contributed by atoms with van der Waals surface area (Å²) in [5.41, 5.74) is 6.83. The number of rotatable bonds is 9. The largest absolute Gasteiger partial charge is 0.493 e. The topological polar surface area (TPSA) is 78.1 Å². The van der Waals surface area contributed by atoms with Crippen molar-refractivity contribution < 1.29 is 18.8 Å². The predicted molar refractivity (Wildman–Crippen MR) is 104 cm³/mol. The van der Waals surface area contributed by atoms with Gasteiger partial charge in [0.05, 0.1) is 13.2 Å². The van der Waals surface area contributed by atoms with E-state index in [0.717, 1.165) is 59.6 Å². The van der Waals surface area contributed by atoms with Crippen LogP contribution in [0.1, 0.15) is 47.4 Å². The summed E-state index contributed by atoms with van der Waals surface area (Å²) in [7, 11) is 1.65. The first-order valence-corrected chi connectivity index (χ1v) is 9.77. The molecule has 1 N–H and O–H groups in total. The Hall–Kier alpha value is -2.38. The molecule has 2 aliphatic rings. The van der Waals surface area contributed by atoms with Crippen molar-refractivity contribution in [3.63, 3.8) is 0 Å². The minimum absolute atomic E-state index is 0.466. The number of aromatic nitrogens is 1. The standard InChI is InChI=1S/C21H27N3O4/c1-14-6-9-19(21(16-7-8-16)22-13-27-24-21)15(2)20(14)26-10-4-5-18-11-17(12-25-3)23-28-18/h6,9,11,13,16,24H,4-5,7-8,10,12H2,1-3H3. The quantitative estimate of drug-likeness (QED) is 0.665. The molecular formula is C21H27N3O4. The summed E-state index contributed by atoms with van der Waals surface area (Å²) >= 11 is 0. The van der Waals surface area contributed by atoms with E-state index in [1.54, 1.807) is 7.11 Å². The minimum Gasteiger partial charge on any atom is -0.493 e. The Kier molecular flexibility index (Phi) is 5.37. The Morgan fingerprint density at radius 2 is 2.14 bits per heavy atom. The maximum absolute atomic E-state index is 6.18. The zero-order chi connectivity index (χ0) is 19.6. The first kappa shape index (κ1) is 19.0. The van der Waals surface area contributed by atoms with E-state index in [9.17, 15) is 0 Å². The summed E-state index contributed by atoms with van der Waals surface area (Å²) < 4.78 is 16.6. The molecule has 1 unspecified atom stereocenters. The number of hydrogen-bond donors (Lipinski definition) is 1. The molecule has 0 radical (unpaired) electrons. The highest BCUT2D eigenvalue weighted by molar-refractivity contribution is 5.55. The Morgan fingerprint density at radius 3 is 2.86 bits per heavy atom. The molecule has 2 heterocycles. The third kappa shape index (κ3) is 3.64. The van der Waals surface area contributed by atoms with Crippen LogP contribution in [0.2, 0.25) is 0 Å². The van der Waals surface area contributed by atoms with Crippen LogP contribution in [0.5, 0.6) is 5.75 Å². The fraction of sp³-hybridized carbons (Fsp3) is 0.524. The summed E-state index contributed by atoms with van der Waals surface area (Å²) in [6.45, 7) is 5.25. The number of hydroxylamine groups is 1. The van der Waals surface area contributed by atoms with Crippen LogP contribution < -0.4 is 10.2 Å². The fourth-order valence-corrected chi connectivity index (χ4v) is 3.86. The number of nitrogens with one attached hydrogen (secondary N) is 1. The lowest BCUT2D eigenvalue weighted by Gasteiger charge is -2.28. The summed E-state index contributed by atoms with van der Waals surface area (Å²) in [6, 6.07) is 6.18. The van der Waals surface area contributed by atoms with Crippen LogP contribution >= 0.6 is 0 Å². The van der Waals surface area contributed by atoms with Crippen molar-refractivity contribution in [2.75, 3.05) is 13.7 Å². The molecule has 1 saturated carbocycles. The third-order valence-electron chi connectivity index (χ3n) is 5.42. The van der Waals surface area contributed by atoms with Crippen LogP contribution in [0.3, 0.4) is 0 Å². The van der Waals surface area contributed by atoms with Crippen LogP contribution in [0, 0.1) is 19.8 Å². The molecular weight excluding hydrogens is 358 g/mol. The average molecular weight is 385 g/mol. The monoisotopic (exact) mass is 385 g/mol. The summed E-state index contributed by atoms with van der Waals surface area (Å²) in [5, 5.41) is 3.98. The molecule has 7 heteroatoms.